The highest BCUT2D eigenvalue weighted by molar-refractivity contribution is 6.33. The Morgan fingerprint density at radius 2 is 1.28 bits per heavy atom. The van der Waals surface area contributed by atoms with E-state index in [1.165, 1.54) is 0 Å². The molecule has 0 aliphatic heterocycles. The Balaban J connectivity index is -0.0000000980. The zero-order chi connectivity index (χ0) is 13.5. The molecule has 6 nitrogen and oxygen atoms in total. The molecule has 0 aromatic heterocycles. The van der Waals surface area contributed by atoms with E-state index in [4.69, 9.17) is 15.9 Å². The van der Waals surface area contributed by atoms with Crippen LogP contribution >= 0.6 is 0 Å². The van der Waals surface area contributed by atoms with Crippen molar-refractivity contribution in [2.24, 2.45) is 17.6 Å². The Morgan fingerprint density at radius 3 is 1.28 bits per heavy atom. The third kappa shape index (κ3) is 12.6. The standard InChI is InChI=1S/C5H11NO2.C5H8O3.2CH4/c2*1-3(2)4(6)5(7)8;;/h3-4H,6H2,1-2H3,(H,7,8);3H,1-2H3,(H,7,8);2*1H4. The third-order valence-corrected chi connectivity index (χ3v) is 1.74. The molecular weight excluding hydrogens is 238 g/mol. The van der Waals surface area contributed by atoms with Crippen molar-refractivity contribution >= 4 is 17.7 Å². The number of ketones is 1. The minimum atomic E-state index is -1.35. The van der Waals surface area contributed by atoms with Gasteiger partial charge in [0.05, 0.1) is 0 Å². The van der Waals surface area contributed by atoms with Crippen LogP contribution in [0.25, 0.3) is 0 Å². The van der Waals surface area contributed by atoms with Crippen LogP contribution in [0.2, 0.25) is 0 Å². The average Bonchev–Trinajstić information content (AvgIpc) is 2.15. The van der Waals surface area contributed by atoms with Crippen molar-refractivity contribution in [1.29, 1.82) is 0 Å². The molecule has 4 N–H and O–H groups in total. The topological polar surface area (TPSA) is 118 Å². The van der Waals surface area contributed by atoms with Crippen LogP contribution in [0.5, 0.6) is 0 Å². The smallest absolute Gasteiger partial charge is 0.372 e. The summed E-state index contributed by atoms with van der Waals surface area (Å²) in [4.78, 5) is 30.0. The lowest BCUT2D eigenvalue weighted by Gasteiger charge is -2.07. The van der Waals surface area contributed by atoms with Gasteiger partial charge >= 0.3 is 11.9 Å². The summed E-state index contributed by atoms with van der Waals surface area (Å²) in [5.41, 5.74) is 5.16. The van der Waals surface area contributed by atoms with Gasteiger partial charge in [-0.25, -0.2) is 4.79 Å². The fourth-order valence-electron chi connectivity index (χ4n) is 0.532. The van der Waals surface area contributed by atoms with Crippen LogP contribution in [0.4, 0.5) is 0 Å². The molecule has 0 radical (unpaired) electrons. The first kappa shape index (κ1) is 25.4. The molecule has 0 fully saturated rings. The van der Waals surface area contributed by atoms with Crippen molar-refractivity contribution in [3.05, 3.63) is 0 Å². The van der Waals surface area contributed by atoms with Gasteiger partial charge in [0, 0.05) is 5.92 Å². The molecule has 0 saturated heterocycles. The van der Waals surface area contributed by atoms with E-state index in [-0.39, 0.29) is 20.8 Å². The molecule has 0 rings (SSSR count). The maximum Gasteiger partial charge on any atom is 0.372 e. The second-order valence-electron chi connectivity index (χ2n) is 3.93. The van der Waals surface area contributed by atoms with Crippen molar-refractivity contribution in [3.63, 3.8) is 0 Å². The van der Waals surface area contributed by atoms with Gasteiger partial charge in [-0.3, -0.25) is 9.59 Å². The molecule has 0 spiro atoms. The highest BCUT2D eigenvalue weighted by Crippen LogP contribution is 1.96. The Hall–Kier alpha value is -1.43. The SMILES string of the molecule is C.C.CC(C)C(=O)C(=O)O.CC(C)C(N)C(=O)O. The number of hydrogen-bond acceptors (Lipinski definition) is 4. The van der Waals surface area contributed by atoms with Crippen LogP contribution in [0.3, 0.4) is 0 Å². The van der Waals surface area contributed by atoms with Gasteiger partial charge in [0.2, 0.25) is 5.78 Å². The van der Waals surface area contributed by atoms with Crippen molar-refractivity contribution in [2.45, 2.75) is 48.6 Å². The Labute approximate surface area is 109 Å². The van der Waals surface area contributed by atoms with Gasteiger partial charge in [-0.1, -0.05) is 42.5 Å². The van der Waals surface area contributed by atoms with Crippen LogP contribution in [-0.4, -0.2) is 34.0 Å². The van der Waals surface area contributed by atoms with E-state index in [1.807, 2.05) is 0 Å². The first-order chi connectivity index (χ1) is 7.11. The summed E-state index contributed by atoms with van der Waals surface area (Å²) in [5, 5.41) is 16.2. The molecule has 110 valence electrons. The van der Waals surface area contributed by atoms with Crippen molar-refractivity contribution in [2.75, 3.05) is 0 Å². The summed E-state index contributed by atoms with van der Waals surface area (Å²) in [6.07, 6.45) is 0. The fourth-order valence-corrected chi connectivity index (χ4v) is 0.532. The second-order valence-corrected chi connectivity index (χ2v) is 3.93. The minimum absolute atomic E-state index is 0. The van der Waals surface area contributed by atoms with Gasteiger partial charge in [0.25, 0.3) is 0 Å². The van der Waals surface area contributed by atoms with E-state index in [2.05, 4.69) is 0 Å². The van der Waals surface area contributed by atoms with Crippen LogP contribution in [0.1, 0.15) is 42.5 Å². The van der Waals surface area contributed by atoms with Gasteiger partial charge in [0.15, 0.2) is 0 Å². The Kier molecular flexibility index (Phi) is 17.0. The first-order valence-electron chi connectivity index (χ1n) is 4.86. The lowest BCUT2D eigenvalue weighted by Crippen LogP contribution is -2.34. The number of nitrogens with two attached hydrogens (primary N) is 1. The molecular formula is C12H27NO5. The summed E-state index contributed by atoms with van der Waals surface area (Å²) >= 11 is 0. The monoisotopic (exact) mass is 265 g/mol. The molecule has 0 aliphatic carbocycles. The van der Waals surface area contributed by atoms with E-state index < -0.39 is 29.7 Å². The number of carboxylic acids is 2. The number of Topliss-reactive ketones (excluding diaryl/α,β-unsaturated/α-hetero) is 1. The van der Waals surface area contributed by atoms with Gasteiger partial charge < -0.3 is 15.9 Å². The van der Waals surface area contributed by atoms with Gasteiger partial charge in [-0.05, 0) is 5.92 Å². The predicted molar refractivity (Wildman–Crippen MR) is 71.4 cm³/mol. The van der Waals surface area contributed by atoms with Crippen LogP contribution in [0.15, 0.2) is 0 Å². The quantitative estimate of drug-likeness (QED) is 0.665. The summed E-state index contributed by atoms with van der Waals surface area (Å²) < 4.78 is 0. The highest BCUT2D eigenvalue weighted by atomic mass is 16.4. The summed E-state index contributed by atoms with van der Waals surface area (Å²) in [7, 11) is 0. The fraction of sp³-hybridized carbons (Fsp3) is 0.750. The number of aliphatic carboxylic acids is 2. The van der Waals surface area contributed by atoms with Crippen LogP contribution < -0.4 is 5.73 Å². The molecule has 6 heteroatoms. The first-order valence-corrected chi connectivity index (χ1v) is 4.86. The van der Waals surface area contributed by atoms with Crippen LogP contribution in [-0.2, 0) is 14.4 Å². The highest BCUT2D eigenvalue weighted by Gasteiger charge is 2.14. The molecule has 0 saturated carbocycles. The number of carbonyl (C=O) groups excluding carboxylic acids is 1. The number of hydrogen-bond donors (Lipinski definition) is 3. The molecule has 0 aromatic carbocycles. The zero-order valence-corrected chi connectivity index (χ0v) is 9.93. The molecule has 1 unspecified atom stereocenters. The lowest BCUT2D eigenvalue weighted by molar-refractivity contribution is -0.150. The summed E-state index contributed by atoms with van der Waals surface area (Å²) in [6.45, 7) is 6.66. The minimum Gasteiger partial charge on any atom is -0.480 e. The van der Waals surface area contributed by atoms with E-state index in [1.54, 1.807) is 27.7 Å². The van der Waals surface area contributed by atoms with Crippen molar-refractivity contribution < 1.29 is 24.6 Å². The van der Waals surface area contributed by atoms with Gasteiger partial charge in [-0.2, -0.15) is 0 Å². The molecule has 0 heterocycles. The van der Waals surface area contributed by atoms with E-state index in [0.717, 1.165) is 0 Å². The Morgan fingerprint density at radius 1 is 0.944 bits per heavy atom. The van der Waals surface area contributed by atoms with E-state index in [9.17, 15) is 14.4 Å². The molecule has 0 aliphatic rings. The largest absolute Gasteiger partial charge is 0.480 e. The third-order valence-electron chi connectivity index (χ3n) is 1.74. The lowest BCUT2D eigenvalue weighted by atomic mass is 10.1. The van der Waals surface area contributed by atoms with Crippen molar-refractivity contribution in [3.8, 4) is 0 Å². The van der Waals surface area contributed by atoms with E-state index >= 15 is 0 Å². The number of carbonyl (C=O) groups is 3. The molecule has 1 atom stereocenters. The molecule has 0 bridgehead atoms. The summed E-state index contributed by atoms with van der Waals surface area (Å²) in [6, 6.07) is -0.713. The van der Waals surface area contributed by atoms with Gasteiger partial charge in [-0.15, -0.1) is 0 Å². The zero-order valence-electron chi connectivity index (χ0n) is 9.93. The Bertz CT molecular complexity index is 261. The maximum atomic E-state index is 10.2. The van der Waals surface area contributed by atoms with Crippen LogP contribution in [0, 0.1) is 11.8 Å². The number of rotatable bonds is 4. The van der Waals surface area contributed by atoms with E-state index in [0.29, 0.717) is 0 Å². The normalized spacial score (nSPS) is 10.4. The van der Waals surface area contributed by atoms with Gasteiger partial charge in [0.1, 0.15) is 6.04 Å². The predicted octanol–water partition coefficient (Wildman–Crippen LogP) is 1.62. The second kappa shape index (κ2) is 12.0. The molecule has 18 heavy (non-hydrogen) atoms. The van der Waals surface area contributed by atoms with Crippen molar-refractivity contribution in [1.82, 2.24) is 0 Å². The molecule has 0 aromatic rings. The number of carboxylic acid groups (broad SMARTS) is 2. The summed E-state index contributed by atoms with van der Waals surface area (Å²) in [5.74, 6) is -3.38. The molecule has 0 amide bonds. The average molecular weight is 265 g/mol. The maximum absolute atomic E-state index is 10.2.